The third kappa shape index (κ3) is 11.0. The van der Waals surface area contributed by atoms with Crippen molar-refractivity contribution >= 4 is 15.9 Å². The lowest BCUT2D eigenvalue weighted by molar-refractivity contribution is -0.134. The minimum Gasteiger partial charge on any atom is -0.497 e. The van der Waals surface area contributed by atoms with Crippen molar-refractivity contribution in [1.82, 2.24) is 29.8 Å². The third-order valence-corrected chi connectivity index (χ3v) is 8.15. The molecule has 1 aromatic carbocycles. The Morgan fingerprint density at radius 2 is 1.67 bits per heavy atom. The van der Waals surface area contributed by atoms with Gasteiger partial charge in [-0.15, -0.1) is 5.10 Å². The van der Waals surface area contributed by atoms with Crippen LogP contribution in [0, 0.1) is 11.9 Å². The molecule has 1 amide bonds. The monoisotopic (exact) mass is 654 g/mol. The first-order chi connectivity index (χ1) is 21.7. The van der Waals surface area contributed by atoms with Crippen LogP contribution in [0.3, 0.4) is 0 Å². The van der Waals surface area contributed by atoms with E-state index in [0.717, 1.165) is 4.31 Å². The smallest absolute Gasteiger partial charge is 0.262 e. The Morgan fingerprint density at radius 3 is 2.27 bits per heavy atom. The van der Waals surface area contributed by atoms with Crippen molar-refractivity contribution in [3.05, 3.63) is 60.4 Å². The number of carbonyl (C=O) groups excluding carboxylic acids is 1. The molecule has 0 aliphatic rings. The standard InChI is InChI=1S/C28H39FN6O9S/c1-21(2)26(28(36)32-37)35(45(38,39)24-8-6-23(40-3)7-9-24)20-22-19-34(33-31-22)11-12-41-13-14-42-15-16-43-17-18-44-25-5-4-10-30-27(25)29/h4-10,19,21,26,37H,11-18,20H2,1-3H3,(H,32,36)/t26-/m1/s1. The number of benzene rings is 1. The zero-order chi connectivity index (χ0) is 32.7. The van der Waals surface area contributed by atoms with Gasteiger partial charge in [-0.25, -0.2) is 23.6 Å². The van der Waals surface area contributed by atoms with Crippen molar-refractivity contribution in [2.24, 2.45) is 5.92 Å². The number of halogens is 1. The van der Waals surface area contributed by atoms with Gasteiger partial charge in [0.05, 0.1) is 70.4 Å². The van der Waals surface area contributed by atoms with Gasteiger partial charge < -0.3 is 23.7 Å². The van der Waals surface area contributed by atoms with Gasteiger partial charge >= 0.3 is 0 Å². The summed E-state index contributed by atoms with van der Waals surface area (Å²) in [5.74, 6) is -1.48. The molecule has 0 aliphatic heterocycles. The number of rotatable bonds is 21. The average Bonchev–Trinajstić information content (AvgIpc) is 3.49. The number of ether oxygens (including phenoxy) is 5. The molecule has 17 heteroatoms. The van der Waals surface area contributed by atoms with Gasteiger partial charge in [-0.1, -0.05) is 19.1 Å². The number of nitrogens with zero attached hydrogens (tertiary/aromatic N) is 5. The van der Waals surface area contributed by atoms with E-state index in [9.17, 15) is 22.8 Å². The van der Waals surface area contributed by atoms with Gasteiger partial charge in [-0.05, 0) is 42.3 Å². The Morgan fingerprint density at radius 1 is 1.02 bits per heavy atom. The summed E-state index contributed by atoms with van der Waals surface area (Å²) < 4.78 is 70.0. The highest BCUT2D eigenvalue weighted by Gasteiger charge is 2.38. The summed E-state index contributed by atoms with van der Waals surface area (Å²) in [4.78, 5) is 16.0. The highest BCUT2D eigenvalue weighted by Crippen LogP contribution is 2.26. The molecule has 3 rings (SSSR count). The van der Waals surface area contributed by atoms with Crippen molar-refractivity contribution in [3.63, 3.8) is 0 Å². The van der Waals surface area contributed by atoms with Crippen LogP contribution in [0.25, 0.3) is 0 Å². The minimum absolute atomic E-state index is 0.0548. The fourth-order valence-electron chi connectivity index (χ4n) is 4.12. The van der Waals surface area contributed by atoms with E-state index in [4.69, 9.17) is 23.7 Å². The lowest BCUT2D eigenvalue weighted by Crippen LogP contribution is -2.51. The summed E-state index contributed by atoms with van der Waals surface area (Å²) in [7, 11) is -2.74. The van der Waals surface area contributed by atoms with E-state index in [1.54, 1.807) is 31.6 Å². The normalized spacial score (nSPS) is 12.4. The number of amides is 1. The molecule has 0 unspecified atom stereocenters. The molecule has 2 aromatic heterocycles. The van der Waals surface area contributed by atoms with Crippen LogP contribution in [-0.2, 0) is 42.1 Å². The second-order valence-corrected chi connectivity index (χ2v) is 11.7. The number of methoxy groups -OCH3 is 1. The quantitative estimate of drug-likeness (QED) is 0.0737. The van der Waals surface area contributed by atoms with E-state index in [1.165, 1.54) is 48.3 Å². The maximum Gasteiger partial charge on any atom is 0.262 e. The lowest BCUT2D eigenvalue weighted by atomic mass is 10.0. The summed E-state index contributed by atoms with van der Waals surface area (Å²) in [6.07, 6.45) is 2.91. The van der Waals surface area contributed by atoms with E-state index >= 15 is 0 Å². The molecular formula is C28H39FN6O9S. The van der Waals surface area contributed by atoms with Crippen LogP contribution in [0.2, 0.25) is 0 Å². The van der Waals surface area contributed by atoms with E-state index in [2.05, 4.69) is 15.3 Å². The van der Waals surface area contributed by atoms with Crippen LogP contribution in [0.1, 0.15) is 19.5 Å². The fourth-order valence-corrected chi connectivity index (χ4v) is 5.81. The van der Waals surface area contributed by atoms with Gasteiger partial charge in [0.25, 0.3) is 11.9 Å². The van der Waals surface area contributed by atoms with Gasteiger partial charge in [0, 0.05) is 12.4 Å². The van der Waals surface area contributed by atoms with Crippen LogP contribution in [0.5, 0.6) is 11.5 Å². The Hall–Kier alpha value is -3.74. The number of hydrogen-bond donors (Lipinski definition) is 2. The molecule has 0 saturated heterocycles. The first-order valence-electron chi connectivity index (χ1n) is 14.1. The van der Waals surface area contributed by atoms with E-state index in [-0.39, 0.29) is 30.4 Å². The van der Waals surface area contributed by atoms with Gasteiger partial charge in [-0.3, -0.25) is 10.0 Å². The fraction of sp³-hybridized carbons (Fsp3) is 0.500. The van der Waals surface area contributed by atoms with Crippen molar-refractivity contribution in [3.8, 4) is 11.5 Å². The minimum atomic E-state index is -4.21. The first kappa shape index (κ1) is 35.7. The Balaban J connectivity index is 1.42. The third-order valence-electron chi connectivity index (χ3n) is 6.31. The second kappa shape index (κ2) is 18.3. The van der Waals surface area contributed by atoms with Crippen molar-refractivity contribution in [2.45, 2.75) is 37.9 Å². The highest BCUT2D eigenvalue weighted by molar-refractivity contribution is 7.89. The molecule has 0 bridgehead atoms. The lowest BCUT2D eigenvalue weighted by Gasteiger charge is -2.31. The zero-order valence-electron chi connectivity index (χ0n) is 25.4. The summed E-state index contributed by atoms with van der Waals surface area (Å²) in [5, 5.41) is 17.5. The predicted molar refractivity (Wildman–Crippen MR) is 156 cm³/mol. The molecular weight excluding hydrogens is 615 g/mol. The molecule has 2 N–H and O–H groups in total. The summed E-state index contributed by atoms with van der Waals surface area (Å²) >= 11 is 0. The van der Waals surface area contributed by atoms with Crippen LogP contribution in [-0.4, -0.2) is 103 Å². The summed E-state index contributed by atoms with van der Waals surface area (Å²) in [6, 6.07) is 7.60. The van der Waals surface area contributed by atoms with Crippen LogP contribution < -0.4 is 15.0 Å². The molecule has 0 saturated carbocycles. The van der Waals surface area contributed by atoms with E-state index in [1.807, 2.05) is 0 Å². The van der Waals surface area contributed by atoms with Gasteiger partial charge in [0.2, 0.25) is 10.0 Å². The predicted octanol–water partition coefficient (Wildman–Crippen LogP) is 1.67. The topological polar surface area (TPSA) is 176 Å². The Bertz CT molecular complexity index is 1430. The summed E-state index contributed by atoms with van der Waals surface area (Å²) in [5.41, 5.74) is 1.87. The van der Waals surface area contributed by atoms with Crippen molar-refractivity contribution < 1.29 is 46.5 Å². The number of sulfonamides is 1. The number of aromatic nitrogens is 4. The van der Waals surface area contributed by atoms with Gasteiger partial charge in [-0.2, -0.15) is 8.70 Å². The Labute approximate surface area is 261 Å². The maximum atomic E-state index is 13.7. The van der Waals surface area contributed by atoms with Crippen LogP contribution in [0.4, 0.5) is 4.39 Å². The number of nitrogens with one attached hydrogen (secondary N) is 1. The molecule has 3 aromatic rings. The highest BCUT2D eigenvalue weighted by atomic mass is 32.2. The molecule has 0 radical (unpaired) electrons. The number of hydroxylamine groups is 1. The van der Waals surface area contributed by atoms with Crippen LogP contribution >= 0.6 is 0 Å². The van der Waals surface area contributed by atoms with Gasteiger partial charge in [0.1, 0.15) is 18.4 Å². The molecule has 0 fully saturated rings. The number of carbonyl (C=O) groups is 1. The molecule has 45 heavy (non-hydrogen) atoms. The van der Waals surface area contributed by atoms with Crippen molar-refractivity contribution in [1.29, 1.82) is 0 Å². The first-order valence-corrected chi connectivity index (χ1v) is 15.6. The van der Waals surface area contributed by atoms with Gasteiger partial charge in [0.15, 0.2) is 5.75 Å². The van der Waals surface area contributed by atoms with Crippen LogP contribution in [0.15, 0.2) is 53.7 Å². The molecule has 2 heterocycles. The SMILES string of the molecule is COc1ccc(S(=O)(=O)N(Cc2cn(CCOCCOCCOCCOc3cccnc3F)nn2)[C@@H](C(=O)NO)C(C)C)cc1. The molecule has 0 spiro atoms. The molecule has 15 nitrogen and oxygen atoms in total. The average molecular weight is 655 g/mol. The summed E-state index contributed by atoms with van der Waals surface area (Å²) in [6.45, 7) is 5.50. The maximum absolute atomic E-state index is 13.7. The zero-order valence-corrected chi connectivity index (χ0v) is 26.2. The Kier molecular flexibility index (Phi) is 14.5. The molecule has 0 aliphatic carbocycles. The molecule has 248 valence electrons. The number of hydrogen-bond acceptors (Lipinski definition) is 12. The molecule has 1 atom stereocenters. The van der Waals surface area contributed by atoms with Crippen molar-refractivity contribution in [2.75, 3.05) is 53.4 Å². The van der Waals surface area contributed by atoms with E-state index in [0.29, 0.717) is 51.0 Å². The van der Waals surface area contributed by atoms with E-state index < -0.39 is 33.8 Å². The number of pyridine rings is 1. The second-order valence-electron chi connectivity index (χ2n) is 9.84. The largest absolute Gasteiger partial charge is 0.497 e.